The average Bonchev–Trinajstić information content (AvgIpc) is 2.38. The number of nitrogens with zero attached hydrogens (tertiary/aromatic N) is 1. The zero-order valence-corrected chi connectivity index (χ0v) is 13.4. The molecule has 0 aliphatic carbocycles. The molecule has 1 heterocycles. The van der Waals surface area contributed by atoms with Crippen LogP contribution in [0.15, 0.2) is 53.1 Å². The Hall–Kier alpha value is -1.20. The van der Waals surface area contributed by atoms with Crippen LogP contribution in [0.2, 0.25) is 0 Å². The van der Waals surface area contributed by atoms with E-state index in [2.05, 4.69) is 15.9 Å². The van der Waals surface area contributed by atoms with Crippen LogP contribution in [0.4, 0.5) is 5.82 Å². The second-order valence-electron chi connectivity index (χ2n) is 4.00. The molecule has 0 saturated carbocycles. The van der Waals surface area contributed by atoms with Crippen molar-refractivity contribution in [1.82, 2.24) is 0 Å². The van der Waals surface area contributed by atoms with Crippen LogP contribution in [0, 0.1) is 0 Å². The van der Waals surface area contributed by atoms with Gasteiger partial charge in [-0.15, -0.1) is 0 Å². The number of aromatic nitrogens is 1. The molecule has 1 aromatic heterocycles. The lowest BCUT2D eigenvalue weighted by Gasteiger charge is -2.03. The molecule has 0 radical (unpaired) electrons. The molecular weight excluding hydrogens is 372 g/mol. The van der Waals surface area contributed by atoms with Gasteiger partial charge in [0.25, 0.3) is 5.82 Å². The van der Waals surface area contributed by atoms with E-state index >= 15 is 0 Å². The number of pyridine rings is 1. The number of anilines is 1. The van der Waals surface area contributed by atoms with Crippen molar-refractivity contribution in [2.75, 3.05) is 5.73 Å². The molecule has 0 atom stereocenters. The first-order valence-corrected chi connectivity index (χ1v) is 6.49. The summed E-state index contributed by atoms with van der Waals surface area (Å²) in [5.41, 5.74) is 6.54. The number of Topliss-reactive ketones (excluding diaryl/α,β-unsaturated/α-hetero) is 1. The topological polar surface area (TPSA) is 47.0 Å². The highest BCUT2D eigenvalue weighted by Crippen LogP contribution is 2.12. The summed E-state index contributed by atoms with van der Waals surface area (Å²) in [7, 11) is 0. The molecule has 0 unspecified atom stereocenters. The average molecular weight is 386 g/mol. The molecule has 2 aromatic rings. The van der Waals surface area contributed by atoms with Gasteiger partial charge in [0.15, 0.2) is 5.78 Å². The number of ketones is 1. The summed E-state index contributed by atoms with van der Waals surface area (Å²) in [5.74, 6) is 0.791. The van der Waals surface area contributed by atoms with Crippen molar-refractivity contribution in [2.45, 2.75) is 13.0 Å². The Morgan fingerprint density at radius 3 is 2.47 bits per heavy atom. The highest BCUT2D eigenvalue weighted by atomic mass is 79.9. The largest absolute Gasteiger partial charge is 1.00 e. The molecule has 0 aliphatic heterocycles. The Morgan fingerprint density at radius 1 is 1.16 bits per heavy atom. The van der Waals surface area contributed by atoms with Crippen molar-refractivity contribution in [3.8, 4) is 0 Å². The van der Waals surface area contributed by atoms with Gasteiger partial charge in [-0.25, -0.2) is 4.57 Å². The van der Waals surface area contributed by atoms with E-state index in [9.17, 15) is 4.79 Å². The first-order chi connectivity index (χ1) is 8.66. The zero-order chi connectivity index (χ0) is 13.0. The molecule has 1 aromatic carbocycles. The highest BCUT2D eigenvalue weighted by molar-refractivity contribution is 9.10. The Labute approximate surface area is 131 Å². The number of nitrogen functional groups attached to an aromatic ring is 1. The van der Waals surface area contributed by atoms with Gasteiger partial charge in [0, 0.05) is 22.5 Å². The van der Waals surface area contributed by atoms with E-state index in [0.29, 0.717) is 18.8 Å². The number of aryl methyl sites for hydroxylation is 1. The van der Waals surface area contributed by atoms with Crippen LogP contribution in [0.5, 0.6) is 0 Å². The van der Waals surface area contributed by atoms with Gasteiger partial charge >= 0.3 is 0 Å². The fourth-order valence-corrected chi connectivity index (χ4v) is 1.96. The summed E-state index contributed by atoms with van der Waals surface area (Å²) >= 11 is 3.35. The maximum absolute atomic E-state index is 12.0. The van der Waals surface area contributed by atoms with Gasteiger partial charge in [0.2, 0.25) is 0 Å². The Morgan fingerprint density at radius 2 is 1.84 bits per heavy atom. The first kappa shape index (κ1) is 15.9. The molecule has 2 N–H and O–H groups in total. The molecule has 0 bridgehead atoms. The van der Waals surface area contributed by atoms with Gasteiger partial charge in [-0.3, -0.25) is 10.5 Å². The number of carbonyl (C=O) groups is 1. The summed E-state index contributed by atoms with van der Waals surface area (Å²) in [4.78, 5) is 12.0. The molecular formula is C14H14Br2N2O. The van der Waals surface area contributed by atoms with Crippen LogP contribution in [0.1, 0.15) is 16.8 Å². The maximum atomic E-state index is 12.0. The lowest BCUT2D eigenvalue weighted by Crippen LogP contribution is -3.00. The third-order valence-corrected chi connectivity index (χ3v) is 3.25. The van der Waals surface area contributed by atoms with E-state index in [0.717, 1.165) is 10.0 Å². The molecule has 3 nitrogen and oxygen atoms in total. The van der Waals surface area contributed by atoms with Crippen molar-refractivity contribution in [3.63, 3.8) is 0 Å². The third kappa shape index (κ3) is 4.44. The summed E-state index contributed by atoms with van der Waals surface area (Å²) < 4.78 is 2.84. The molecule has 0 saturated heterocycles. The van der Waals surface area contributed by atoms with Crippen LogP contribution in [-0.2, 0) is 6.54 Å². The molecule has 0 amide bonds. The van der Waals surface area contributed by atoms with Gasteiger partial charge in [-0.1, -0.05) is 34.1 Å². The molecule has 2 rings (SSSR count). The Kier molecular flexibility index (Phi) is 6.18. The number of rotatable bonds is 4. The molecule has 19 heavy (non-hydrogen) atoms. The molecule has 0 spiro atoms. The summed E-state index contributed by atoms with van der Waals surface area (Å²) in [6.07, 6.45) is 2.32. The van der Waals surface area contributed by atoms with E-state index < -0.39 is 0 Å². The molecule has 5 heteroatoms. The predicted molar refractivity (Wildman–Crippen MR) is 74.1 cm³/mol. The maximum Gasteiger partial charge on any atom is 0.272 e. The number of halogens is 2. The van der Waals surface area contributed by atoms with E-state index in [1.807, 2.05) is 53.2 Å². The minimum atomic E-state index is 0. The van der Waals surface area contributed by atoms with Crippen LogP contribution >= 0.6 is 15.9 Å². The molecule has 100 valence electrons. The van der Waals surface area contributed by atoms with Crippen LogP contribution in [-0.4, -0.2) is 5.78 Å². The fraction of sp³-hybridized carbons (Fsp3) is 0.143. The summed E-state index contributed by atoms with van der Waals surface area (Å²) in [6, 6.07) is 13.0. The number of nitrogens with two attached hydrogens (primary N) is 1. The second kappa shape index (κ2) is 7.40. The number of hydrogen-bond donors (Lipinski definition) is 1. The Balaban J connectivity index is 0.00000180. The van der Waals surface area contributed by atoms with Crippen molar-refractivity contribution in [1.29, 1.82) is 0 Å². The van der Waals surface area contributed by atoms with Gasteiger partial charge in [0.05, 0.1) is 12.7 Å². The summed E-state index contributed by atoms with van der Waals surface area (Å²) in [5, 5.41) is 0. The lowest BCUT2D eigenvalue weighted by atomic mass is 10.1. The van der Waals surface area contributed by atoms with Gasteiger partial charge in [0.1, 0.15) is 0 Å². The lowest BCUT2D eigenvalue weighted by molar-refractivity contribution is -0.681. The number of hydrogen-bond acceptors (Lipinski definition) is 2. The van der Waals surface area contributed by atoms with E-state index in [1.54, 1.807) is 0 Å². The quantitative estimate of drug-likeness (QED) is 0.574. The standard InChI is InChI=1S/C14H13BrN2O.BrH/c15-12-6-4-11(5-7-12)13(18)8-10-17-9-2-1-3-14(17)16;/h1-7,9,16H,8,10H2;1H. The van der Waals surface area contributed by atoms with Gasteiger partial charge < -0.3 is 17.0 Å². The fourth-order valence-electron chi connectivity index (χ4n) is 1.70. The van der Waals surface area contributed by atoms with Gasteiger partial charge in [-0.2, -0.15) is 0 Å². The zero-order valence-electron chi connectivity index (χ0n) is 10.2. The normalized spacial score (nSPS) is 9.74. The Bertz CT molecular complexity index is 556. The van der Waals surface area contributed by atoms with Crippen LogP contribution < -0.4 is 27.3 Å². The first-order valence-electron chi connectivity index (χ1n) is 5.69. The summed E-state index contributed by atoms with van der Waals surface area (Å²) in [6.45, 7) is 0.599. The highest BCUT2D eigenvalue weighted by Gasteiger charge is 2.09. The van der Waals surface area contributed by atoms with Crippen LogP contribution in [0.25, 0.3) is 0 Å². The van der Waals surface area contributed by atoms with E-state index in [4.69, 9.17) is 5.73 Å². The van der Waals surface area contributed by atoms with Gasteiger partial charge in [-0.05, 0) is 18.2 Å². The minimum Gasteiger partial charge on any atom is -1.00 e. The minimum absolute atomic E-state index is 0. The van der Waals surface area contributed by atoms with Crippen molar-refractivity contribution < 1.29 is 26.3 Å². The van der Waals surface area contributed by atoms with Crippen molar-refractivity contribution in [2.24, 2.45) is 0 Å². The molecule has 0 fully saturated rings. The SMILES string of the molecule is Nc1cccc[n+]1CCC(=O)c1ccc(Br)cc1.[Br-]. The smallest absolute Gasteiger partial charge is 0.272 e. The third-order valence-electron chi connectivity index (χ3n) is 2.72. The second-order valence-corrected chi connectivity index (χ2v) is 4.91. The van der Waals surface area contributed by atoms with Crippen molar-refractivity contribution in [3.05, 3.63) is 58.7 Å². The predicted octanol–water partition coefficient (Wildman–Crippen LogP) is -0.404. The number of carbonyl (C=O) groups excluding carboxylic acids is 1. The molecule has 0 aliphatic rings. The van der Waals surface area contributed by atoms with Crippen molar-refractivity contribution >= 4 is 27.5 Å². The van der Waals surface area contributed by atoms with E-state index in [-0.39, 0.29) is 22.8 Å². The monoisotopic (exact) mass is 384 g/mol. The number of benzene rings is 1. The van der Waals surface area contributed by atoms with Crippen LogP contribution in [0.3, 0.4) is 0 Å². The van der Waals surface area contributed by atoms with E-state index in [1.165, 1.54) is 0 Å².